The number of hydrogen-bond donors (Lipinski definition) is 0. The van der Waals surface area contributed by atoms with Crippen molar-refractivity contribution in [1.82, 2.24) is 0 Å². The molecule has 0 spiro atoms. The molecule has 1 aromatic carbocycles. The van der Waals surface area contributed by atoms with E-state index in [0.29, 0.717) is 0 Å². The quantitative estimate of drug-likeness (QED) is 0.124. The molecule has 0 unspecified atom stereocenters. The molecule has 0 nitrogen and oxygen atoms in total. The highest BCUT2D eigenvalue weighted by Gasteiger charge is 2.02. The third kappa shape index (κ3) is 18.1. The van der Waals surface area contributed by atoms with Gasteiger partial charge in [-0.25, -0.2) is 0 Å². The molecule has 0 aliphatic rings. The number of rotatable bonds is 22. The minimum atomic E-state index is 1.28. The number of aryl methyl sites for hydroxylation is 1. The van der Waals surface area contributed by atoms with Crippen molar-refractivity contribution < 1.29 is 0 Å². The van der Waals surface area contributed by atoms with E-state index in [9.17, 15) is 0 Å². The minimum absolute atomic E-state index is 1.28. The Morgan fingerprint density at radius 3 is 1.13 bits per heavy atom. The zero-order valence-corrected chi connectivity index (χ0v) is 22.8. The van der Waals surface area contributed by atoms with Gasteiger partial charge in [0.25, 0.3) is 0 Å². The molecular weight excluding hydrogens is 412 g/mol. The Labute approximate surface area is 204 Å². The minimum Gasteiger partial charge on any atom is -0.126 e. The van der Waals surface area contributed by atoms with Crippen molar-refractivity contribution in [3.63, 3.8) is 0 Å². The van der Waals surface area contributed by atoms with Crippen molar-refractivity contribution in [1.29, 1.82) is 0 Å². The first kappa shape index (κ1) is 29.0. The van der Waals surface area contributed by atoms with Crippen molar-refractivity contribution in [2.45, 2.75) is 146 Å². The molecule has 31 heavy (non-hydrogen) atoms. The molecule has 0 amide bonds. The Hall–Kier alpha value is -0.0800. The van der Waals surface area contributed by atoms with Gasteiger partial charge in [0.15, 0.2) is 0 Å². The molecule has 0 heterocycles. The Morgan fingerprint density at radius 2 is 0.774 bits per heavy atom. The van der Waals surface area contributed by atoms with Crippen LogP contribution in [0.1, 0.15) is 135 Å². The summed E-state index contributed by atoms with van der Waals surface area (Å²) in [6.45, 7) is 6.85. The van der Waals surface area contributed by atoms with Crippen molar-refractivity contribution in [2.24, 2.45) is 0 Å². The maximum absolute atomic E-state index is 2.43. The molecule has 2 heteroatoms. The van der Waals surface area contributed by atoms with Crippen molar-refractivity contribution >= 4 is 23.5 Å². The van der Waals surface area contributed by atoms with Gasteiger partial charge in [0, 0.05) is 9.79 Å². The second-order valence-corrected chi connectivity index (χ2v) is 11.7. The molecule has 0 aliphatic carbocycles. The molecule has 0 saturated heterocycles. The van der Waals surface area contributed by atoms with Crippen LogP contribution in [0.4, 0.5) is 0 Å². The molecule has 0 N–H and O–H groups in total. The van der Waals surface area contributed by atoms with E-state index in [-0.39, 0.29) is 0 Å². The zero-order valence-electron chi connectivity index (χ0n) is 21.2. The summed E-state index contributed by atoms with van der Waals surface area (Å²) in [6, 6.07) is 7.19. The van der Waals surface area contributed by atoms with Crippen LogP contribution in [0, 0.1) is 6.92 Å². The number of thioether (sulfide) groups is 2. The largest absolute Gasteiger partial charge is 0.126 e. The van der Waals surface area contributed by atoms with Crippen molar-refractivity contribution in [3.8, 4) is 0 Å². The molecule has 0 aromatic heterocycles. The fourth-order valence-corrected chi connectivity index (χ4v) is 6.29. The number of hydrogen-bond acceptors (Lipinski definition) is 2. The zero-order chi connectivity index (χ0) is 22.4. The second kappa shape index (κ2) is 21.7. The summed E-state index contributed by atoms with van der Waals surface area (Å²) in [6.07, 6.45) is 25.6. The molecule has 0 atom stereocenters. The van der Waals surface area contributed by atoms with E-state index >= 15 is 0 Å². The van der Waals surface area contributed by atoms with Gasteiger partial charge in [0.05, 0.1) is 0 Å². The smallest absolute Gasteiger partial charge is 0.00857 e. The maximum atomic E-state index is 2.43. The maximum Gasteiger partial charge on any atom is 0.00857 e. The molecule has 1 rings (SSSR count). The van der Waals surface area contributed by atoms with Gasteiger partial charge in [-0.2, -0.15) is 0 Å². The first-order valence-electron chi connectivity index (χ1n) is 13.6. The van der Waals surface area contributed by atoms with Crippen LogP contribution in [-0.2, 0) is 0 Å². The third-order valence-electron chi connectivity index (χ3n) is 6.06. The summed E-state index contributed by atoms with van der Waals surface area (Å²) in [4.78, 5) is 2.96. The van der Waals surface area contributed by atoms with Crippen LogP contribution in [0.3, 0.4) is 0 Å². The number of unbranched alkanes of at least 4 members (excludes halogenated alkanes) is 16. The first-order chi connectivity index (χ1) is 15.3. The summed E-state index contributed by atoms with van der Waals surface area (Å²) in [5.74, 6) is 2.56. The normalized spacial score (nSPS) is 11.3. The standard InChI is InChI=1S/C29H52S2/c1-4-6-8-10-12-14-16-18-20-22-30-28-24-27(3)25-29(26-28)31-23-21-19-17-15-13-11-9-7-5-2/h24-26H,4-23H2,1-3H3. The highest BCUT2D eigenvalue weighted by molar-refractivity contribution is 8.00. The van der Waals surface area contributed by atoms with Crippen LogP contribution in [-0.4, -0.2) is 11.5 Å². The predicted molar refractivity (Wildman–Crippen MR) is 147 cm³/mol. The van der Waals surface area contributed by atoms with Gasteiger partial charge in [0.1, 0.15) is 0 Å². The Bertz CT molecular complexity index is 469. The topological polar surface area (TPSA) is 0 Å². The SMILES string of the molecule is CCCCCCCCCCCSc1cc(C)cc(SCCCCCCCCCCC)c1. The van der Waals surface area contributed by atoms with E-state index in [2.05, 4.69) is 62.5 Å². The Kier molecular flexibility index (Phi) is 20.3. The molecule has 0 aliphatic heterocycles. The van der Waals surface area contributed by atoms with Gasteiger partial charge in [-0.1, -0.05) is 117 Å². The van der Waals surface area contributed by atoms with E-state index in [1.807, 2.05) is 0 Å². The van der Waals surface area contributed by atoms with Gasteiger partial charge in [0.2, 0.25) is 0 Å². The predicted octanol–water partition coefficient (Wildman–Crippen LogP) is 11.2. The molecule has 1 aromatic rings. The van der Waals surface area contributed by atoms with Gasteiger partial charge >= 0.3 is 0 Å². The fraction of sp³-hybridized carbons (Fsp3) is 0.793. The Balaban J connectivity index is 2.06. The monoisotopic (exact) mass is 464 g/mol. The van der Waals surface area contributed by atoms with E-state index in [0.717, 1.165) is 0 Å². The summed E-state index contributed by atoms with van der Waals surface area (Å²) in [5.41, 5.74) is 1.42. The van der Waals surface area contributed by atoms with Gasteiger partial charge in [-0.15, -0.1) is 23.5 Å². The van der Waals surface area contributed by atoms with Crippen LogP contribution in [0.25, 0.3) is 0 Å². The van der Waals surface area contributed by atoms with Gasteiger partial charge < -0.3 is 0 Å². The average molecular weight is 465 g/mol. The van der Waals surface area contributed by atoms with E-state index in [1.54, 1.807) is 0 Å². The van der Waals surface area contributed by atoms with Gasteiger partial charge in [-0.3, -0.25) is 0 Å². The lowest BCUT2D eigenvalue weighted by molar-refractivity contribution is 0.573. The first-order valence-corrected chi connectivity index (χ1v) is 15.6. The van der Waals surface area contributed by atoms with Crippen LogP contribution in [0.5, 0.6) is 0 Å². The molecule has 180 valence electrons. The lowest BCUT2D eigenvalue weighted by Gasteiger charge is -2.08. The van der Waals surface area contributed by atoms with E-state index in [1.165, 1.54) is 142 Å². The second-order valence-electron chi connectivity index (χ2n) is 9.34. The molecule has 0 radical (unpaired) electrons. The summed E-state index contributed by atoms with van der Waals surface area (Å²) < 4.78 is 0. The van der Waals surface area contributed by atoms with Crippen molar-refractivity contribution in [2.75, 3.05) is 11.5 Å². The molecule has 0 fully saturated rings. The van der Waals surface area contributed by atoms with Crippen LogP contribution in [0.2, 0.25) is 0 Å². The lowest BCUT2D eigenvalue weighted by Crippen LogP contribution is -1.87. The number of benzene rings is 1. The Morgan fingerprint density at radius 1 is 0.452 bits per heavy atom. The van der Waals surface area contributed by atoms with Crippen molar-refractivity contribution in [3.05, 3.63) is 23.8 Å². The molecular formula is C29H52S2. The van der Waals surface area contributed by atoms with Crippen LogP contribution >= 0.6 is 23.5 Å². The summed E-state index contributed by atoms with van der Waals surface area (Å²) in [7, 11) is 0. The van der Waals surface area contributed by atoms with E-state index in [4.69, 9.17) is 0 Å². The summed E-state index contributed by atoms with van der Waals surface area (Å²) in [5, 5.41) is 0. The van der Waals surface area contributed by atoms with Gasteiger partial charge in [-0.05, 0) is 55.0 Å². The molecule has 0 bridgehead atoms. The lowest BCUT2D eigenvalue weighted by atomic mass is 10.1. The highest BCUT2D eigenvalue weighted by atomic mass is 32.2. The van der Waals surface area contributed by atoms with Crippen LogP contribution in [0.15, 0.2) is 28.0 Å². The van der Waals surface area contributed by atoms with E-state index < -0.39 is 0 Å². The average Bonchev–Trinajstić information content (AvgIpc) is 2.76. The third-order valence-corrected chi connectivity index (χ3v) is 8.18. The summed E-state index contributed by atoms with van der Waals surface area (Å²) >= 11 is 4.14. The highest BCUT2D eigenvalue weighted by Crippen LogP contribution is 2.28. The van der Waals surface area contributed by atoms with Crippen LogP contribution < -0.4 is 0 Å². The fourth-order valence-electron chi connectivity index (χ4n) is 4.09. The molecule has 0 saturated carbocycles.